The summed E-state index contributed by atoms with van der Waals surface area (Å²) in [6.45, 7) is 6.98. The number of aromatic nitrogens is 1. The molecule has 0 radical (unpaired) electrons. The number of amides is 1. The van der Waals surface area contributed by atoms with Crippen LogP contribution in [0.1, 0.15) is 67.6 Å². The fourth-order valence-electron chi connectivity index (χ4n) is 2.35. The number of halogens is 2. The van der Waals surface area contributed by atoms with Gasteiger partial charge in [-0.05, 0) is 39.7 Å². The highest BCUT2D eigenvalue weighted by atomic mass is 35.5. The van der Waals surface area contributed by atoms with Gasteiger partial charge in [0.05, 0.1) is 16.7 Å². The Bertz CT molecular complexity index is 455. The van der Waals surface area contributed by atoms with Crippen molar-refractivity contribution in [2.75, 3.05) is 13.6 Å². The third kappa shape index (κ3) is 7.84. The summed E-state index contributed by atoms with van der Waals surface area (Å²) in [4.78, 5) is 19.9. The topological polar surface area (TPSA) is 59.2 Å². The van der Waals surface area contributed by atoms with E-state index in [1.54, 1.807) is 11.3 Å². The number of carbonyl (C=O) groups excluding carboxylic acids is 1. The molecule has 0 aromatic carbocycles. The van der Waals surface area contributed by atoms with Crippen LogP contribution in [0, 0.1) is 6.92 Å². The summed E-state index contributed by atoms with van der Waals surface area (Å²) < 4.78 is 0. The van der Waals surface area contributed by atoms with Crippen LogP contribution in [0.3, 0.4) is 0 Å². The number of nitrogens with zero attached hydrogens (tertiary/aromatic N) is 2. The largest absolute Gasteiger partial charge is 0.338 e. The molecular formula is C16H31Cl2N3OS. The van der Waals surface area contributed by atoms with Gasteiger partial charge in [-0.3, -0.25) is 4.79 Å². The fourth-order valence-corrected chi connectivity index (χ4v) is 3.45. The van der Waals surface area contributed by atoms with Gasteiger partial charge < -0.3 is 10.6 Å². The van der Waals surface area contributed by atoms with Gasteiger partial charge in [-0.15, -0.1) is 36.2 Å². The van der Waals surface area contributed by atoms with Gasteiger partial charge in [0.15, 0.2) is 0 Å². The highest BCUT2D eigenvalue weighted by Crippen LogP contribution is 2.29. The minimum absolute atomic E-state index is 0. The number of unbranched alkanes of at least 4 members (excludes halogenated alkanes) is 3. The van der Waals surface area contributed by atoms with Crippen molar-refractivity contribution >= 4 is 42.1 Å². The quantitative estimate of drug-likeness (QED) is 0.647. The molecule has 1 aromatic heterocycles. The minimum atomic E-state index is 0. The summed E-state index contributed by atoms with van der Waals surface area (Å²) in [5.74, 6) is 0.223. The molecule has 0 saturated heterocycles. The van der Waals surface area contributed by atoms with E-state index < -0.39 is 0 Å². The maximum Gasteiger partial charge on any atom is 0.222 e. The maximum atomic E-state index is 12.3. The van der Waals surface area contributed by atoms with Gasteiger partial charge in [-0.1, -0.05) is 19.8 Å². The zero-order valence-corrected chi connectivity index (χ0v) is 17.1. The Morgan fingerprint density at radius 1 is 1.26 bits per heavy atom. The second-order valence-corrected chi connectivity index (χ2v) is 6.66. The van der Waals surface area contributed by atoms with Crippen molar-refractivity contribution in [1.82, 2.24) is 9.88 Å². The van der Waals surface area contributed by atoms with E-state index in [0.717, 1.165) is 49.4 Å². The van der Waals surface area contributed by atoms with Crippen LogP contribution in [0.15, 0.2) is 0 Å². The van der Waals surface area contributed by atoms with Gasteiger partial charge in [0.2, 0.25) is 5.91 Å². The molecule has 7 heteroatoms. The number of hydrogen-bond donors (Lipinski definition) is 1. The summed E-state index contributed by atoms with van der Waals surface area (Å²) in [7, 11) is 1.90. The number of carbonyl (C=O) groups is 1. The van der Waals surface area contributed by atoms with E-state index in [4.69, 9.17) is 5.73 Å². The first-order valence-electron chi connectivity index (χ1n) is 7.93. The van der Waals surface area contributed by atoms with Crippen LogP contribution in [0.5, 0.6) is 0 Å². The second kappa shape index (κ2) is 13.0. The highest BCUT2D eigenvalue weighted by Gasteiger charge is 2.21. The zero-order chi connectivity index (χ0) is 15.8. The Kier molecular flexibility index (Phi) is 14.1. The lowest BCUT2D eigenvalue weighted by atomic mass is 10.1. The van der Waals surface area contributed by atoms with Crippen LogP contribution in [0.2, 0.25) is 0 Å². The summed E-state index contributed by atoms with van der Waals surface area (Å²) in [5, 5.41) is 1.15. The van der Waals surface area contributed by atoms with Crippen molar-refractivity contribution in [3.63, 3.8) is 0 Å². The third-order valence-electron chi connectivity index (χ3n) is 3.88. The van der Waals surface area contributed by atoms with E-state index in [0.29, 0.717) is 6.42 Å². The van der Waals surface area contributed by atoms with Crippen molar-refractivity contribution < 1.29 is 4.79 Å². The summed E-state index contributed by atoms with van der Waals surface area (Å²) in [5.41, 5.74) is 6.53. The average molecular weight is 384 g/mol. The van der Waals surface area contributed by atoms with E-state index >= 15 is 0 Å². The molecule has 0 aliphatic carbocycles. The molecule has 4 nitrogen and oxygen atoms in total. The molecule has 0 bridgehead atoms. The van der Waals surface area contributed by atoms with Crippen LogP contribution < -0.4 is 5.73 Å². The molecule has 1 heterocycles. The Labute approximate surface area is 157 Å². The number of aryl methyl sites for hydroxylation is 2. The van der Waals surface area contributed by atoms with Crippen molar-refractivity contribution in [1.29, 1.82) is 0 Å². The van der Waals surface area contributed by atoms with E-state index in [1.807, 2.05) is 18.9 Å². The van der Waals surface area contributed by atoms with E-state index in [2.05, 4.69) is 18.8 Å². The summed E-state index contributed by atoms with van der Waals surface area (Å²) >= 11 is 1.73. The van der Waals surface area contributed by atoms with Crippen LogP contribution in [0.4, 0.5) is 0 Å². The lowest BCUT2D eigenvalue weighted by molar-refractivity contribution is -0.131. The van der Waals surface area contributed by atoms with Crippen LogP contribution in [-0.2, 0) is 11.2 Å². The SMILES string of the molecule is CCc1nc(C)c(C(C)N(C)C(=O)CCCCCCN)s1.Cl.Cl. The molecule has 0 fully saturated rings. The van der Waals surface area contributed by atoms with E-state index in [9.17, 15) is 4.79 Å². The van der Waals surface area contributed by atoms with Gasteiger partial charge in [-0.2, -0.15) is 0 Å². The average Bonchev–Trinajstić information content (AvgIpc) is 2.86. The first-order chi connectivity index (χ1) is 10.0. The Morgan fingerprint density at radius 3 is 2.39 bits per heavy atom. The predicted octanol–water partition coefficient (Wildman–Crippen LogP) is 4.29. The normalized spacial score (nSPS) is 11.3. The third-order valence-corrected chi connectivity index (χ3v) is 5.35. The highest BCUT2D eigenvalue weighted by molar-refractivity contribution is 7.11. The first kappa shape index (κ1) is 24.9. The van der Waals surface area contributed by atoms with Crippen molar-refractivity contribution in [2.45, 2.75) is 65.3 Å². The van der Waals surface area contributed by atoms with Crippen LogP contribution in [0.25, 0.3) is 0 Å². The fraction of sp³-hybridized carbons (Fsp3) is 0.750. The number of thiazole rings is 1. The number of nitrogens with two attached hydrogens (primary N) is 1. The standard InChI is InChI=1S/C16H29N3OS.2ClH/c1-5-14-18-12(2)16(21-14)13(3)19(4)15(20)10-8-6-7-9-11-17;;/h13H,5-11,17H2,1-4H3;2*1H. The zero-order valence-electron chi connectivity index (χ0n) is 14.6. The number of rotatable bonds is 9. The second-order valence-electron chi connectivity index (χ2n) is 5.54. The predicted molar refractivity (Wildman–Crippen MR) is 104 cm³/mol. The molecule has 0 aliphatic heterocycles. The van der Waals surface area contributed by atoms with Crippen LogP contribution in [-0.4, -0.2) is 29.4 Å². The van der Waals surface area contributed by atoms with E-state index in [1.165, 1.54) is 4.88 Å². The lowest BCUT2D eigenvalue weighted by Gasteiger charge is -2.24. The molecule has 0 saturated carbocycles. The van der Waals surface area contributed by atoms with Crippen LogP contribution >= 0.6 is 36.2 Å². The monoisotopic (exact) mass is 383 g/mol. The Hall–Kier alpha value is -0.360. The molecule has 1 unspecified atom stereocenters. The molecule has 1 aromatic rings. The molecule has 1 rings (SSSR count). The maximum absolute atomic E-state index is 12.3. The van der Waals surface area contributed by atoms with Gasteiger partial charge in [-0.25, -0.2) is 4.98 Å². The molecule has 1 atom stereocenters. The molecule has 0 spiro atoms. The van der Waals surface area contributed by atoms with Gasteiger partial charge in [0.25, 0.3) is 0 Å². The minimum Gasteiger partial charge on any atom is -0.338 e. The molecule has 1 amide bonds. The molecule has 136 valence electrons. The Balaban J connectivity index is 0. The van der Waals surface area contributed by atoms with Crippen molar-refractivity contribution in [3.05, 3.63) is 15.6 Å². The Morgan fingerprint density at radius 2 is 1.87 bits per heavy atom. The number of hydrogen-bond acceptors (Lipinski definition) is 4. The molecule has 23 heavy (non-hydrogen) atoms. The van der Waals surface area contributed by atoms with Crippen molar-refractivity contribution in [2.24, 2.45) is 5.73 Å². The smallest absolute Gasteiger partial charge is 0.222 e. The van der Waals surface area contributed by atoms with Gasteiger partial charge >= 0.3 is 0 Å². The summed E-state index contributed by atoms with van der Waals surface area (Å²) in [6.07, 6.45) is 5.81. The summed E-state index contributed by atoms with van der Waals surface area (Å²) in [6, 6.07) is 0.111. The molecule has 0 aliphatic rings. The van der Waals surface area contributed by atoms with Crippen molar-refractivity contribution in [3.8, 4) is 0 Å². The van der Waals surface area contributed by atoms with Gasteiger partial charge in [0, 0.05) is 18.3 Å². The lowest BCUT2D eigenvalue weighted by Crippen LogP contribution is -2.29. The van der Waals surface area contributed by atoms with Gasteiger partial charge in [0.1, 0.15) is 0 Å². The van der Waals surface area contributed by atoms with E-state index in [-0.39, 0.29) is 36.8 Å². The molecular weight excluding hydrogens is 353 g/mol. The first-order valence-corrected chi connectivity index (χ1v) is 8.74. The molecule has 2 N–H and O–H groups in total.